The molecule has 67 heavy (non-hydrogen) atoms. The summed E-state index contributed by atoms with van der Waals surface area (Å²) in [5, 5.41) is 0. The van der Waals surface area contributed by atoms with E-state index < -0.39 is 6.10 Å². The Morgan fingerprint density at radius 2 is 0.582 bits per heavy atom. The summed E-state index contributed by atoms with van der Waals surface area (Å²) in [6, 6.07) is 0. The van der Waals surface area contributed by atoms with Gasteiger partial charge in [0.1, 0.15) is 13.2 Å². The van der Waals surface area contributed by atoms with Crippen LogP contribution in [0.2, 0.25) is 0 Å². The Labute approximate surface area is 413 Å². The summed E-state index contributed by atoms with van der Waals surface area (Å²) in [7, 11) is 0. The molecular formula is C61H102O6. The van der Waals surface area contributed by atoms with E-state index in [2.05, 4.69) is 118 Å². The Bertz CT molecular complexity index is 1350. The smallest absolute Gasteiger partial charge is 0.306 e. The molecule has 6 nitrogen and oxygen atoms in total. The van der Waals surface area contributed by atoms with Crippen molar-refractivity contribution < 1.29 is 28.6 Å². The summed E-state index contributed by atoms with van der Waals surface area (Å²) in [6.45, 7) is 6.44. The highest BCUT2D eigenvalue weighted by molar-refractivity contribution is 5.71. The number of rotatable bonds is 49. The van der Waals surface area contributed by atoms with E-state index in [1.54, 1.807) is 0 Å². The molecule has 0 N–H and O–H groups in total. The fourth-order valence-electron chi connectivity index (χ4n) is 7.37. The normalized spacial score (nSPS) is 12.8. The molecule has 0 fully saturated rings. The van der Waals surface area contributed by atoms with Gasteiger partial charge < -0.3 is 14.2 Å². The molecule has 0 rings (SSSR count). The van der Waals surface area contributed by atoms with Gasteiger partial charge in [-0.25, -0.2) is 0 Å². The lowest BCUT2D eigenvalue weighted by Crippen LogP contribution is -2.30. The predicted octanol–water partition coefficient (Wildman–Crippen LogP) is 18.5. The molecule has 0 amide bonds. The highest BCUT2D eigenvalue weighted by atomic mass is 16.6. The van der Waals surface area contributed by atoms with Crippen molar-refractivity contribution >= 4 is 17.9 Å². The van der Waals surface area contributed by atoms with Gasteiger partial charge in [-0.1, -0.05) is 208 Å². The van der Waals surface area contributed by atoms with E-state index in [9.17, 15) is 14.4 Å². The standard InChI is InChI=1S/C61H102O6/c1-4-7-10-13-16-19-22-25-28-29-30-31-34-36-39-42-45-48-51-54-60(63)66-57-58(67-61(64)55-52-49-46-43-40-37-33-27-24-21-18-15-12-9-6-3)56-65-59(62)53-50-47-44-41-38-35-32-26-23-20-17-14-11-8-5-2/h9,12,16,18-19,21,25-28,30-33,40,43,58H,4-8,10-11,13-15,17,20,22-24,29,34-39,41-42,44-57H2,1-3H3/b12-9-,19-16-,21-18-,28-25-,31-30-,32-26-,33-27-,43-40-/t58-/m1/s1. The zero-order valence-electron chi connectivity index (χ0n) is 43.6. The molecule has 0 aliphatic rings. The maximum Gasteiger partial charge on any atom is 0.306 e. The van der Waals surface area contributed by atoms with E-state index >= 15 is 0 Å². The lowest BCUT2D eigenvalue weighted by molar-refractivity contribution is -0.167. The lowest BCUT2D eigenvalue weighted by Gasteiger charge is -2.18. The molecule has 0 saturated heterocycles. The molecule has 0 radical (unpaired) electrons. The van der Waals surface area contributed by atoms with Crippen LogP contribution in [0.5, 0.6) is 0 Å². The Kier molecular flexibility index (Phi) is 51.9. The van der Waals surface area contributed by atoms with Crippen LogP contribution >= 0.6 is 0 Å². The summed E-state index contributed by atoms with van der Waals surface area (Å²) in [5.74, 6) is -0.966. The molecule has 382 valence electrons. The maximum absolute atomic E-state index is 12.8. The molecule has 0 heterocycles. The third-order valence-electron chi connectivity index (χ3n) is 11.5. The Morgan fingerprint density at radius 1 is 0.313 bits per heavy atom. The van der Waals surface area contributed by atoms with Crippen LogP contribution in [0.3, 0.4) is 0 Å². The van der Waals surface area contributed by atoms with Crippen LogP contribution in [-0.2, 0) is 28.6 Å². The van der Waals surface area contributed by atoms with Crippen LogP contribution in [-0.4, -0.2) is 37.2 Å². The summed E-state index contributed by atoms with van der Waals surface area (Å²) in [6.07, 6.45) is 72.5. The van der Waals surface area contributed by atoms with Crippen molar-refractivity contribution in [3.63, 3.8) is 0 Å². The lowest BCUT2D eigenvalue weighted by atomic mass is 10.1. The number of unbranched alkanes of at least 4 members (excludes halogenated alkanes) is 22. The molecular weight excluding hydrogens is 829 g/mol. The summed E-state index contributed by atoms with van der Waals surface area (Å²) < 4.78 is 16.8. The molecule has 1 atom stereocenters. The second kappa shape index (κ2) is 54.9. The van der Waals surface area contributed by atoms with Crippen LogP contribution < -0.4 is 0 Å². The average molecular weight is 931 g/mol. The van der Waals surface area contributed by atoms with Gasteiger partial charge in [-0.3, -0.25) is 14.4 Å². The molecule has 0 bridgehead atoms. The Hall–Kier alpha value is -3.67. The minimum Gasteiger partial charge on any atom is -0.462 e. The molecule has 0 unspecified atom stereocenters. The number of esters is 3. The predicted molar refractivity (Wildman–Crippen MR) is 288 cm³/mol. The monoisotopic (exact) mass is 931 g/mol. The molecule has 0 saturated carbocycles. The zero-order chi connectivity index (χ0) is 48.6. The molecule has 0 spiro atoms. The van der Waals surface area contributed by atoms with Gasteiger partial charge in [0.2, 0.25) is 0 Å². The van der Waals surface area contributed by atoms with Crippen molar-refractivity contribution in [2.75, 3.05) is 13.2 Å². The SMILES string of the molecule is CC/C=C\C/C=C\C/C=C\C/C=C\CCCCC(=O)O[C@H](COC(=O)CCCCCCC/C=C\CCCCCCCC)COC(=O)CCCCCCCC/C=C\C/C=C\C/C=C\CCCCC. The third-order valence-corrected chi connectivity index (χ3v) is 11.5. The topological polar surface area (TPSA) is 78.9 Å². The molecule has 6 heteroatoms. The first-order valence-corrected chi connectivity index (χ1v) is 27.7. The van der Waals surface area contributed by atoms with Crippen molar-refractivity contribution in [3.8, 4) is 0 Å². The van der Waals surface area contributed by atoms with Crippen LogP contribution in [0.4, 0.5) is 0 Å². The highest BCUT2D eigenvalue weighted by Crippen LogP contribution is 2.13. The largest absolute Gasteiger partial charge is 0.462 e. The third kappa shape index (κ3) is 53.2. The second-order valence-corrected chi connectivity index (χ2v) is 18.1. The van der Waals surface area contributed by atoms with E-state index in [1.165, 1.54) is 89.9 Å². The van der Waals surface area contributed by atoms with E-state index in [4.69, 9.17) is 14.2 Å². The average Bonchev–Trinajstić information content (AvgIpc) is 3.33. The van der Waals surface area contributed by atoms with Gasteiger partial charge in [-0.15, -0.1) is 0 Å². The fourth-order valence-corrected chi connectivity index (χ4v) is 7.37. The van der Waals surface area contributed by atoms with Crippen LogP contribution in [0.1, 0.15) is 252 Å². The molecule has 0 aromatic heterocycles. The quantitative estimate of drug-likeness (QED) is 0.0262. The van der Waals surface area contributed by atoms with Gasteiger partial charge in [-0.2, -0.15) is 0 Å². The number of hydrogen-bond donors (Lipinski definition) is 0. The summed E-state index contributed by atoms with van der Waals surface area (Å²) in [4.78, 5) is 38.1. The minimum absolute atomic E-state index is 0.104. The number of hydrogen-bond acceptors (Lipinski definition) is 6. The van der Waals surface area contributed by atoms with Gasteiger partial charge >= 0.3 is 17.9 Å². The summed E-state index contributed by atoms with van der Waals surface area (Å²) >= 11 is 0. The van der Waals surface area contributed by atoms with Crippen molar-refractivity contribution in [2.45, 2.75) is 258 Å². The van der Waals surface area contributed by atoms with Crippen LogP contribution in [0.25, 0.3) is 0 Å². The number of allylic oxidation sites excluding steroid dienone is 16. The van der Waals surface area contributed by atoms with Gasteiger partial charge in [0.15, 0.2) is 6.10 Å². The van der Waals surface area contributed by atoms with Crippen LogP contribution in [0, 0.1) is 0 Å². The van der Waals surface area contributed by atoms with E-state index in [0.717, 1.165) is 116 Å². The molecule has 0 aliphatic heterocycles. The van der Waals surface area contributed by atoms with Crippen molar-refractivity contribution in [3.05, 3.63) is 97.2 Å². The first-order valence-electron chi connectivity index (χ1n) is 27.7. The van der Waals surface area contributed by atoms with Crippen molar-refractivity contribution in [1.82, 2.24) is 0 Å². The fraction of sp³-hybridized carbons (Fsp3) is 0.689. The maximum atomic E-state index is 12.8. The van der Waals surface area contributed by atoms with Gasteiger partial charge in [0.25, 0.3) is 0 Å². The van der Waals surface area contributed by atoms with Crippen LogP contribution in [0.15, 0.2) is 97.2 Å². The van der Waals surface area contributed by atoms with Crippen molar-refractivity contribution in [1.29, 1.82) is 0 Å². The number of carbonyl (C=O) groups is 3. The van der Waals surface area contributed by atoms with E-state index in [-0.39, 0.29) is 37.5 Å². The Balaban J connectivity index is 4.48. The number of ether oxygens (including phenoxy) is 3. The summed E-state index contributed by atoms with van der Waals surface area (Å²) in [5.41, 5.74) is 0. The van der Waals surface area contributed by atoms with Gasteiger partial charge in [0.05, 0.1) is 0 Å². The zero-order valence-corrected chi connectivity index (χ0v) is 43.6. The first kappa shape index (κ1) is 63.3. The van der Waals surface area contributed by atoms with Gasteiger partial charge in [0, 0.05) is 19.3 Å². The van der Waals surface area contributed by atoms with Crippen molar-refractivity contribution in [2.24, 2.45) is 0 Å². The molecule has 0 aromatic carbocycles. The second-order valence-electron chi connectivity index (χ2n) is 18.1. The minimum atomic E-state index is -0.809. The van der Waals surface area contributed by atoms with E-state index in [1.807, 2.05) is 0 Å². The molecule has 0 aliphatic carbocycles. The first-order chi connectivity index (χ1) is 33.0. The highest BCUT2D eigenvalue weighted by Gasteiger charge is 2.19. The Morgan fingerprint density at radius 3 is 0.985 bits per heavy atom. The van der Waals surface area contributed by atoms with Gasteiger partial charge in [-0.05, 0) is 122 Å². The molecule has 0 aromatic rings. The number of carbonyl (C=O) groups excluding carboxylic acids is 3. The van der Waals surface area contributed by atoms with E-state index in [0.29, 0.717) is 19.3 Å².